The van der Waals surface area contributed by atoms with Crippen LogP contribution in [0.1, 0.15) is 22.8 Å². The minimum absolute atomic E-state index is 0.156. The number of aryl methyl sites for hydroxylation is 2. The van der Waals surface area contributed by atoms with Crippen LogP contribution in [0.2, 0.25) is 0 Å². The lowest BCUT2D eigenvalue weighted by Crippen LogP contribution is -2.22. The lowest BCUT2D eigenvalue weighted by atomic mass is 10.1. The summed E-state index contributed by atoms with van der Waals surface area (Å²) in [7, 11) is 1.97. The number of fused-ring (bicyclic) bond motifs is 1. The van der Waals surface area contributed by atoms with Gasteiger partial charge in [0.25, 0.3) is 0 Å². The van der Waals surface area contributed by atoms with E-state index < -0.39 is 0 Å². The van der Waals surface area contributed by atoms with Crippen molar-refractivity contribution in [2.45, 2.75) is 13.8 Å². The minimum Gasteiger partial charge on any atom is -0.350 e. The first kappa shape index (κ1) is 11.9. The minimum atomic E-state index is 0.156. The Kier molecular flexibility index (Phi) is 3.29. The maximum absolute atomic E-state index is 12.1. The molecule has 0 spiro atoms. The van der Waals surface area contributed by atoms with E-state index in [-0.39, 0.29) is 5.78 Å². The third-order valence-corrected chi connectivity index (χ3v) is 2.98. The molecule has 1 aromatic heterocycles. The summed E-state index contributed by atoms with van der Waals surface area (Å²) in [5, 5.41) is 4.13. The molecule has 1 N–H and O–H groups in total. The van der Waals surface area contributed by atoms with E-state index in [0.717, 1.165) is 23.0 Å². The molecule has 0 atom stereocenters. The highest BCUT2D eigenvalue weighted by atomic mass is 16.1. The van der Waals surface area contributed by atoms with Crippen molar-refractivity contribution in [1.29, 1.82) is 0 Å². The smallest absolute Gasteiger partial charge is 0.178 e. The molecule has 90 valence electrons. The van der Waals surface area contributed by atoms with Gasteiger partial charge in [-0.05, 0) is 25.6 Å². The average Bonchev–Trinajstić information content (AvgIpc) is 2.63. The van der Waals surface area contributed by atoms with Crippen molar-refractivity contribution in [3.63, 3.8) is 0 Å². The van der Waals surface area contributed by atoms with E-state index in [4.69, 9.17) is 0 Å². The molecule has 0 aliphatic rings. The van der Waals surface area contributed by atoms with Crippen molar-refractivity contribution in [3.05, 3.63) is 35.5 Å². The zero-order valence-electron chi connectivity index (χ0n) is 10.6. The summed E-state index contributed by atoms with van der Waals surface area (Å²) in [5.74, 6) is 0.156. The van der Waals surface area contributed by atoms with Gasteiger partial charge in [0.2, 0.25) is 0 Å². The molecule has 0 radical (unpaired) electrons. The summed E-state index contributed by atoms with van der Waals surface area (Å²) in [6.45, 7) is 5.27. The molecule has 0 aliphatic carbocycles. The van der Waals surface area contributed by atoms with Crippen LogP contribution >= 0.6 is 0 Å². The molecular weight excluding hydrogens is 212 g/mol. The van der Waals surface area contributed by atoms with Crippen LogP contribution < -0.4 is 5.32 Å². The van der Waals surface area contributed by atoms with E-state index in [9.17, 15) is 4.79 Å². The fourth-order valence-electron chi connectivity index (χ4n) is 2.06. The number of nitrogens with zero attached hydrogens (tertiary/aromatic N) is 1. The van der Waals surface area contributed by atoms with Crippen LogP contribution in [0.25, 0.3) is 10.9 Å². The van der Waals surface area contributed by atoms with Gasteiger partial charge in [-0.1, -0.05) is 18.6 Å². The van der Waals surface area contributed by atoms with Crippen LogP contribution in [0.4, 0.5) is 0 Å². The molecule has 17 heavy (non-hydrogen) atoms. The Morgan fingerprint density at radius 3 is 2.88 bits per heavy atom. The van der Waals surface area contributed by atoms with Gasteiger partial charge in [-0.2, -0.15) is 0 Å². The number of rotatable bonds is 4. The molecule has 2 rings (SSSR count). The van der Waals surface area contributed by atoms with Crippen molar-refractivity contribution in [2.24, 2.45) is 7.05 Å². The largest absolute Gasteiger partial charge is 0.350 e. The first-order valence-corrected chi connectivity index (χ1v) is 5.93. The lowest BCUT2D eigenvalue weighted by molar-refractivity contribution is 0.0993. The van der Waals surface area contributed by atoms with Gasteiger partial charge < -0.3 is 9.88 Å². The van der Waals surface area contributed by atoms with E-state index >= 15 is 0 Å². The van der Waals surface area contributed by atoms with E-state index in [1.165, 1.54) is 5.56 Å². The normalized spacial score (nSPS) is 11.0. The number of carbonyl (C=O) groups is 1. The van der Waals surface area contributed by atoms with E-state index in [2.05, 4.69) is 23.5 Å². The Labute approximate surface area is 101 Å². The summed E-state index contributed by atoms with van der Waals surface area (Å²) >= 11 is 0. The van der Waals surface area contributed by atoms with Crippen LogP contribution in [0.5, 0.6) is 0 Å². The highest BCUT2D eigenvalue weighted by molar-refractivity contribution is 6.09. The summed E-state index contributed by atoms with van der Waals surface area (Å²) in [5.41, 5.74) is 3.10. The number of likely N-dealkylation sites (N-methyl/N-ethyl adjacent to an activating group) is 1. The van der Waals surface area contributed by atoms with E-state index in [1.54, 1.807) is 0 Å². The molecular formula is C14H18N2O. The van der Waals surface area contributed by atoms with Gasteiger partial charge in [-0.15, -0.1) is 0 Å². The molecule has 0 fully saturated rings. The van der Waals surface area contributed by atoms with Gasteiger partial charge in [0.15, 0.2) is 5.78 Å². The van der Waals surface area contributed by atoms with Gasteiger partial charge in [-0.3, -0.25) is 4.79 Å². The lowest BCUT2D eigenvalue weighted by Gasteiger charge is -2.00. The van der Waals surface area contributed by atoms with Crippen LogP contribution in [-0.4, -0.2) is 23.4 Å². The zero-order chi connectivity index (χ0) is 12.4. The number of aromatic nitrogens is 1. The molecule has 2 aromatic rings. The first-order chi connectivity index (χ1) is 8.13. The van der Waals surface area contributed by atoms with Crippen LogP contribution in [0, 0.1) is 6.92 Å². The van der Waals surface area contributed by atoms with Crippen molar-refractivity contribution >= 4 is 16.7 Å². The summed E-state index contributed by atoms with van der Waals surface area (Å²) < 4.78 is 2.01. The van der Waals surface area contributed by atoms with Gasteiger partial charge in [0.05, 0.1) is 6.54 Å². The SMILES string of the molecule is CCNCC(=O)c1cn(C)c2ccc(C)cc12. The quantitative estimate of drug-likeness (QED) is 0.818. The van der Waals surface area contributed by atoms with E-state index in [1.807, 2.05) is 31.7 Å². The topological polar surface area (TPSA) is 34.0 Å². The molecule has 0 bridgehead atoms. The second-order valence-electron chi connectivity index (χ2n) is 4.38. The maximum Gasteiger partial charge on any atom is 0.178 e. The average molecular weight is 230 g/mol. The van der Waals surface area contributed by atoms with Gasteiger partial charge in [-0.25, -0.2) is 0 Å². The van der Waals surface area contributed by atoms with Crippen molar-refractivity contribution in [2.75, 3.05) is 13.1 Å². The number of hydrogen-bond acceptors (Lipinski definition) is 2. The molecule has 0 saturated carbocycles. The van der Waals surface area contributed by atoms with Gasteiger partial charge in [0.1, 0.15) is 0 Å². The van der Waals surface area contributed by atoms with Crippen molar-refractivity contribution in [3.8, 4) is 0 Å². The second kappa shape index (κ2) is 4.72. The number of nitrogens with one attached hydrogen (secondary N) is 1. The molecule has 3 heteroatoms. The summed E-state index contributed by atoms with van der Waals surface area (Å²) in [4.78, 5) is 12.1. The number of Topliss-reactive ketones (excluding diaryl/α,β-unsaturated/α-hetero) is 1. The molecule has 0 aliphatic heterocycles. The van der Waals surface area contributed by atoms with Gasteiger partial charge >= 0.3 is 0 Å². The Morgan fingerprint density at radius 1 is 1.41 bits per heavy atom. The van der Waals surface area contributed by atoms with Crippen LogP contribution in [-0.2, 0) is 7.05 Å². The van der Waals surface area contributed by atoms with Gasteiger partial charge in [0, 0.05) is 29.7 Å². The Balaban J connectivity index is 2.46. The molecule has 0 unspecified atom stereocenters. The first-order valence-electron chi connectivity index (χ1n) is 5.93. The standard InChI is InChI=1S/C14H18N2O/c1-4-15-8-14(17)12-9-16(3)13-6-5-10(2)7-11(12)13/h5-7,9,15H,4,8H2,1-3H3. The maximum atomic E-state index is 12.1. The highest BCUT2D eigenvalue weighted by Crippen LogP contribution is 2.22. The Bertz CT molecular complexity index is 555. The third-order valence-electron chi connectivity index (χ3n) is 2.98. The van der Waals surface area contributed by atoms with Crippen LogP contribution in [0.3, 0.4) is 0 Å². The summed E-state index contributed by atoms with van der Waals surface area (Å²) in [6, 6.07) is 6.21. The Morgan fingerprint density at radius 2 is 2.18 bits per heavy atom. The van der Waals surface area contributed by atoms with Crippen molar-refractivity contribution < 1.29 is 4.79 Å². The van der Waals surface area contributed by atoms with Crippen LogP contribution in [0.15, 0.2) is 24.4 Å². The van der Waals surface area contributed by atoms with Crippen molar-refractivity contribution in [1.82, 2.24) is 9.88 Å². The van der Waals surface area contributed by atoms with E-state index in [0.29, 0.717) is 6.54 Å². The fraction of sp³-hybridized carbons (Fsp3) is 0.357. The molecule has 1 aromatic carbocycles. The fourth-order valence-corrected chi connectivity index (χ4v) is 2.06. The predicted molar refractivity (Wildman–Crippen MR) is 70.5 cm³/mol. The number of hydrogen-bond donors (Lipinski definition) is 1. The monoisotopic (exact) mass is 230 g/mol. The third kappa shape index (κ3) is 2.24. The zero-order valence-corrected chi connectivity index (χ0v) is 10.6. The number of ketones is 1. The molecule has 3 nitrogen and oxygen atoms in total. The second-order valence-corrected chi connectivity index (χ2v) is 4.38. The number of carbonyl (C=O) groups excluding carboxylic acids is 1. The predicted octanol–water partition coefficient (Wildman–Crippen LogP) is 2.28. The highest BCUT2D eigenvalue weighted by Gasteiger charge is 2.13. The molecule has 0 saturated heterocycles. The molecule has 1 heterocycles. The Hall–Kier alpha value is -1.61. The summed E-state index contributed by atoms with van der Waals surface area (Å²) in [6.07, 6.45) is 1.92. The molecule has 0 amide bonds. The number of benzene rings is 1.